The molecule has 0 amide bonds. The van der Waals surface area contributed by atoms with Crippen molar-refractivity contribution < 1.29 is 145 Å². The molecule has 1 unspecified atom stereocenters. The first-order valence-electron chi connectivity index (χ1n) is 10.3. The summed E-state index contributed by atoms with van der Waals surface area (Å²) in [5.41, 5.74) is 2.71. The molecule has 0 aliphatic carbocycles. The zero-order valence-corrected chi connectivity index (χ0v) is 21.1. The van der Waals surface area contributed by atoms with Gasteiger partial charge in [0.15, 0.2) is 0 Å². The topological polar surface area (TPSA) is 26.0 Å². The number of rotatable bonds is 13. The molecule has 0 aromatic heterocycles. The Labute approximate surface area is 247 Å². The van der Waals surface area contributed by atoms with E-state index in [1.165, 1.54) is 0 Å². The van der Waals surface area contributed by atoms with Crippen molar-refractivity contribution in [3.63, 3.8) is 0 Å². The van der Waals surface area contributed by atoms with Crippen LogP contribution >= 0.6 is 0 Å². The Bertz CT molecular complexity index is 1150. The first-order chi connectivity index (χ1) is 20.8. The highest BCUT2D eigenvalue weighted by molar-refractivity contribution is 5.22. The van der Waals surface area contributed by atoms with Crippen molar-refractivity contribution in [2.24, 2.45) is 5.73 Å². The van der Waals surface area contributed by atoms with Gasteiger partial charge in [0.25, 0.3) is 5.79 Å². The van der Waals surface area contributed by atoms with Gasteiger partial charge in [-0.1, -0.05) is 0 Å². The number of halogens is 33. The third kappa shape index (κ3) is 5.17. The van der Waals surface area contributed by atoms with Gasteiger partial charge in [-0.25, -0.2) is 4.39 Å². The summed E-state index contributed by atoms with van der Waals surface area (Å²) in [6.07, 6.45) is -16.7. The van der Waals surface area contributed by atoms with Gasteiger partial charge in [-0.15, -0.1) is 0 Å². The number of alkyl halides is 33. The van der Waals surface area contributed by atoms with E-state index in [9.17, 15) is 145 Å². The summed E-state index contributed by atoms with van der Waals surface area (Å²) >= 11 is 0. The van der Waals surface area contributed by atoms with Crippen molar-refractivity contribution in [3.05, 3.63) is 0 Å². The van der Waals surface area contributed by atoms with E-state index < -0.39 is 95.1 Å². The second-order valence-electron chi connectivity index (χ2n) is 9.17. The van der Waals surface area contributed by atoms with Crippen LogP contribution in [-0.4, -0.2) is 95.1 Å². The van der Waals surface area contributed by atoms with E-state index in [2.05, 4.69) is 5.73 Å². The molecule has 0 aliphatic rings. The predicted octanol–water partition coefficient (Wildman–Crippen LogP) is 9.99. The third-order valence-corrected chi connectivity index (χ3v) is 5.96. The fourth-order valence-corrected chi connectivity index (χ4v) is 2.78. The van der Waals surface area contributed by atoms with Crippen molar-refractivity contribution in [2.75, 3.05) is 0 Å². The summed E-state index contributed by atoms with van der Waals surface area (Å²) in [5.74, 6) is -134. The molecule has 0 radical (unpaired) electrons. The molecule has 0 spiro atoms. The molecule has 0 aliphatic heterocycles. The number of nitrogens with two attached hydrogens (primary N) is 1. The number of hydrogen-bond acceptors (Lipinski definition) is 1. The van der Waals surface area contributed by atoms with Gasteiger partial charge in [0.2, 0.25) is 0 Å². The van der Waals surface area contributed by atoms with E-state index in [1.54, 1.807) is 0 Å². The summed E-state index contributed by atoms with van der Waals surface area (Å²) in [7, 11) is 0. The highest BCUT2D eigenvalue weighted by Gasteiger charge is 3.01. The van der Waals surface area contributed by atoms with Crippen molar-refractivity contribution in [1.82, 2.24) is 0 Å². The molecule has 0 heterocycles. The monoisotopic (exact) mass is 835 g/mol. The van der Waals surface area contributed by atoms with Crippen LogP contribution in [0.4, 0.5) is 145 Å². The smallest absolute Gasteiger partial charge is 0.288 e. The Hall–Kier alpha value is -2.35. The normalized spacial score (nSPS) is 18.4. The highest BCUT2D eigenvalue weighted by Crippen LogP contribution is 2.68. The predicted molar refractivity (Wildman–Crippen MR) is 84.4 cm³/mol. The zero-order chi connectivity index (χ0) is 42.0. The van der Waals surface area contributed by atoms with Crippen molar-refractivity contribution in [1.29, 1.82) is 0 Å². The first-order valence-corrected chi connectivity index (χ1v) is 10.3. The minimum absolute atomic E-state index is 2.71. The molecule has 302 valence electrons. The molecular weight excluding hydrogens is 833 g/mol. The Morgan fingerprint density at radius 3 is 0.380 bits per heavy atom. The Balaban J connectivity index is 7.70. The second-order valence-corrected chi connectivity index (χ2v) is 9.17. The van der Waals surface area contributed by atoms with Gasteiger partial charge in [-0.05, 0) is 0 Å². The molecule has 0 saturated heterocycles. The van der Waals surface area contributed by atoms with Crippen LogP contribution in [0, 0.1) is 0 Å². The average Bonchev–Trinajstić information content (AvgIpc) is 2.85. The summed E-state index contributed by atoms with van der Waals surface area (Å²) in [4.78, 5) is 0. The maximum Gasteiger partial charge on any atom is 0.460 e. The summed E-state index contributed by atoms with van der Waals surface area (Å²) in [5, 5.41) is 0. The Morgan fingerprint density at radius 2 is 0.260 bits per heavy atom. The molecule has 0 bridgehead atoms. The molecule has 2 N–H and O–H groups in total. The van der Waals surface area contributed by atoms with Gasteiger partial charge in [-0.3, -0.25) is 5.73 Å². The van der Waals surface area contributed by atoms with Crippen molar-refractivity contribution in [2.45, 2.75) is 95.1 Å². The molecule has 0 aromatic rings. The molecule has 0 saturated carbocycles. The summed E-state index contributed by atoms with van der Waals surface area (Å²) < 4.78 is 436. The largest absolute Gasteiger partial charge is 0.460 e. The van der Waals surface area contributed by atoms with Crippen LogP contribution in [0.25, 0.3) is 0 Å². The van der Waals surface area contributed by atoms with E-state index in [-0.39, 0.29) is 0 Å². The lowest BCUT2D eigenvalue weighted by atomic mass is 9.81. The van der Waals surface area contributed by atoms with Gasteiger partial charge in [0, 0.05) is 0 Å². The quantitative estimate of drug-likeness (QED) is 0.145. The van der Waals surface area contributed by atoms with Crippen LogP contribution in [-0.2, 0) is 0 Å². The number of hydrogen-bond donors (Lipinski definition) is 1. The Kier molecular flexibility index (Phi) is 10.6. The fourth-order valence-electron chi connectivity index (χ4n) is 2.78. The highest BCUT2D eigenvalue weighted by atomic mass is 19.4. The minimum atomic E-state index is -9.94. The van der Waals surface area contributed by atoms with Crippen LogP contribution in [0.2, 0.25) is 0 Å². The summed E-state index contributed by atoms with van der Waals surface area (Å²) in [6.45, 7) is 0. The second kappa shape index (κ2) is 11.1. The van der Waals surface area contributed by atoms with Gasteiger partial charge >= 0.3 is 89.3 Å². The van der Waals surface area contributed by atoms with Gasteiger partial charge in [-0.2, -0.15) is 140 Å². The maximum absolute atomic E-state index is 14.1. The molecular formula is C16H2F33N. The molecule has 50 heavy (non-hydrogen) atoms. The van der Waals surface area contributed by atoms with Crippen LogP contribution in [0.1, 0.15) is 0 Å². The van der Waals surface area contributed by atoms with E-state index in [1.807, 2.05) is 0 Å². The van der Waals surface area contributed by atoms with Gasteiger partial charge in [0.1, 0.15) is 0 Å². The van der Waals surface area contributed by atoms with Crippen molar-refractivity contribution in [3.8, 4) is 0 Å². The molecule has 1 nitrogen and oxygen atoms in total. The van der Waals surface area contributed by atoms with E-state index in [0.717, 1.165) is 0 Å². The van der Waals surface area contributed by atoms with E-state index in [0.29, 0.717) is 0 Å². The third-order valence-electron chi connectivity index (χ3n) is 5.96. The lowest BCUT2D eigenvalue weighted by Gasteiger charge is -2.48. The lowest BCUT2D eigenvalue weighted by Crippen LogP contribution is -2.82. The first kappa shape index (κ1) is 47.7. The van der Waals surface area contributed by atoms with Gasteiger partial charge in [0.05, 0.1) is 0 Å². The molecule has 0 fully saturated rings. The van der Waals surface area contributed by atoms with Crippen LogP contribution in [0.3, 0.4) is 0 Å². The molecule has 1 atom stereocenters. The van der Waals surface area contributed by atoms with Crippen LogP contribution in [0.15, 0.2) is 0 Å². The van der Waals surface area contributed by atoms with E-state index >= 15 is 0 Å². The summed E-state index contributed by atoms with van der Waals surface area (Å²) in [6, 6.07) is 0. The van der Waals surface area contributed by atoms with Crippen LogP contribution in [0.5, 0.6) is 0 Å². The fraction of sp³-hybridized carbons (Fsp3) is 1.00. The molecule has 34 heteroatoms. The van der Waals surface area contributed by atoms with Crippen LogP contribution < -0.4 is 5.73 Å². The SMILES string of the molecule is NC(F)(C(F)(F)C(F)(F)C(F)(F)C(F)(F)C(F)(F)C(F)(F)C(F)(F)F)C(F)(F)C(F)(F)C(F)(F)C(F)(F)C(F)(F)C(F)(F)C(F)(F)C(F)(F)F. The maximum atomic E-state index is 14.1. The van der Waals surface area contributed by atoms with Crippen molar-refractivity contribution >= 4 is 0 Å². The molecule has 0 rings (SSSR count). The van der Waals surface area contributed by atoms with E-state index in [4.69, 9.17) is 0 Å². The average molecular weight is 835 g/mol. The molecule has 0 aromatic carbocycles. The Morgan fingerprint density at radius 1 is 0.160 bits per heavy atom. The van der Waals surface area contributed by atoms with Gasteiger partial charge < -0.3 is 0 Å². The standard InChI is InChI=1S/C16H2F33N/c17-1(18,4(23,24)8(31,32)12(39,40)15(44,45)46)2(19,20)6(27,28)10(35,36)14(43,50)11(37,38)7(29,30)3(21,22)5(25,26)9(33,34)13(41,42)16(47,48)49/h50H2. The zero-order valence-electron chi connectivity index (χ0n) is 21.1. The minimum Gasteiger partial charge on any atom is -0.288 e. The lowest BCUT2D eigenvalue weighted by molar-refractivity contribution is -0.481.